The second kappa shape index (κ2) is 10.1. The lowest BCUT2D eigenvalue weighted by molar-refractivity contribution is -0.134. The van der Waals surface area contributed by atoms with Crippen LogP contribution >= 0.6 is 11.6 Å². The largest absolute Gasteiger partial charge is 0.351 e. The summed E-state index contributed by atoms with van der Waals surface area (Å²) in [5, 5.41) is 3.62. The van der Waals surface area contributed by atoms with Crippen LogP contribution in [0.2, 0.25) is 5.02 Å². The molecule has 1 aliphatic heterocycles. The van der Waals surface area contributed by atoms with Gasteiger partial charge in [-0.25, -0.2) is 0 Å². The summed E-state index contributed by atoms with van der Waals surface area (Å²) >= 11 is 5.96. The minimum atomic E-state index is 0.0111. The average molecular weight is 392 g/mol. The molecule has 2 fully saturated rings. The second-order valence-electron chi connectivity index (χ2n) is 7.77. The average Bonchev–Trinajstić information content (AvgIpc) is 2.68. The summed E-state index contributed by atoms with van der Waals surface area (Å²) in [5.41, 5.74) is 0.994. The highest BCUT2D eigenvalue weighted by atomic mass is 35.5. The van der Waals surface area contributed by atoms with Crippen LogP contribution in [0.5, 0.6) is 0 Å². The molecule has 2 aliphatic rings. The Morgan fingerprint density at radius 3 is 2.52 bits per heavy atom. The van der Waals surface area contributed by atoms with Gasteiger partial charge in [-0.3, -0.25) is 14.5 Å². The van der Waals surface area contributed by atoms with Crippen molar-refractivity contribution in [3.05, 3.63) is 34.9 Å². The van der Waals surface area contributed by atoms with E-state index >= 15 is 0 Å². The van der Waals surface area contributed by atoms with Crippen LogP contribution in [-0.2, 0) is 16.1 Å². The first kappa shape index (κ1) is 20.2. The van der Waals surface area contributed by atoms with E-state index in [0.29, 0.717) is 36.4 Å². The fourth-order valence-corrected chi connectivity index (χ4v) is 4.24. The Balaban J connectivity index is 1.34. The Bertz CT molecular complexity index is 638. The van der Waals surface area contributed by atoms with Gasteiger partial charge in [-0.2, -0.15) is 0 Å². The molecule has 0 atom stereocenters. The van der Waals surface area contributed by atoms with Crippen molar-refractivity contribution in [2.75, 3.05) is 32.7 Å². The number of halogens is 1. The predicted molar refractivity (Wildman–Crippen MR) is 108 cm³/mol. The molecular formula is C21H30ClN3O2. The van der Waals surface area contributed by atoms with Gasteiger partial charge in [-0.05, 0) is 36.5 Å². The Morgan fingerprint density at radius 1 is 1.07 bits per heavy atom. The summed E-state index contributed by atoms with van der Waals surface area (Å²) in [5.74, 6) is 0.894. The molecule has 1 aromatic rings. The summed E-state index contributed by atoms with van der Waals surface area (Å²) < 4.78 is 0. The van der Waals surface area contributed by atoms with Crippen LogP contribution in [0.3, 0.4) is 0 Å². The number of carbonyl (C=O) groups excluding carboxylic acids is 2. The highest BCUT2D eigenvalue weighted by molar-refractivity contribution is 6.30. The van der Waals surface area contributed by atoms with Crippen LogP contribution in [0.15, 0.2) is 24.3 Å². The van der Waals surface area contributed by atoms with Gasteiger partial charge in [0, 0.05) is 44.2 Å². The van der Waals surface area contributed by atoms with Gasteiger partial charge in [0.25, 0.3) is 0 Å². The summed E-state index contributed by atoms with van der Waals surface area (Å²) in [6.45, 7) is 3.85. The van der Waals surface area contributed by atoms with Crippen LogP contribution in [0.1, 0.15) is 44.1 Å². The van der Waals surface area contributed by atoms with Crippen LogP contribution in [-0.4, -0.2) is 54.3 Å². The maximum absolute atomic E-state index is 12.5. The molecule has 3 rings (SSSR count). The van der Waals surface area contributed by atoms with Crippen LogP contribution < -0.4 is 5.32 Å². The zero-order chi connectivity index (χ0) is 19.1. The Kier molecular flexibility index (Phi) is 7.53. The van der Waals surface area contributed by atoms with Crippen molar-refractivity contribution in [2.24, 2.45) is 5.92 Å². The van der Waals surface area contributed by atoms with Crippen LogP contribution in [0, 0.1) is 5.92 Å². The summed E-state index contributed by atoms with van der Waals surface area (Å²) in [7, 11) is 0. The van der Waals surface area contributed by atoms with Crippen molar-refractivity contribution in [1.82, 2.24) is 15.1 Å². The molecule has 1 aromatic carbocycles. The van der Waals surface area contributed by atoms with E-state index in [9.17, 15) is 9.59 Å². The third-order valence-electron chi connectivity index (χ3n) is 5.66. The minimum absolute atomic E-state index is 0.0111. The van der Waals surface area contributed by atoms with Crippen molar-refractivity contribution in [3.8, 4) is 0 Å². The summed E-state index contributed by atoms with van der Waals surface area (Å²) in [4.78, 5) is 28.8. The van der Waals surface area contributed by atoms with E-state index in [4.69, 9.17) is 11.6 Å². The minimum Gasteiger partial charge on any atom is -0.351 e. The molecule has 0 spiro atoms. The summed E-state index contributed by atoms with van der Waals surface area (Å²) in [6.07, 6.45) is 6.99. The Hall–Kier alpha value is -1.59. The fraction of sp³-hybridized carbons (Fsp3) is 0.619. The van der Waals surface area contributed by atoms with Gasteiger partial charge in [0.1, 0.15) is 0 Å². The first-order valence-corrected chi connectivity index (χ1v) is 10.5. The second-order valence-corrected chi connectivity index (χ2v) is 8.21. The summed E-state index contributed by atoms with van der Waals surface area (Å²) in [6, 6.07) is 7.51. The van der Waals surface area contributed by atoms with Crippen molar-refractivity contribution in [3.63, 3.8) is 0 Å². The van der Waals surface area contributed by atoms with Crippen LogP contribution in [0.25, 0.3) is 0 Å². The number of piperazine rings is 1. The highest BCUT2D eigenvalue weighted by Gasteiger charge is 2.25. The molecule has 1 aliphatic carbocycles. The van der Waals surface area contributed by atoms with E-state index in [1.165, 1.54) is 32.1 Å². The smallest absolute Gasteiger partial charge is 0.234 e. The first-order chi connectivity index (χ1) is 13.1. The van der Waals surface area contributed by atoms with Gasteiger partial charge in [-0.1, -0.05) is 43.0 Å². The van der Waals surface area contributed by atoms with Gasteiger partial charge in [0.15, 0.2) is 0 Å². The Morgan fingerprint density at radius 2 is 1.81 bits per heavy atom. The molecule has 1 saturated heterocycles. The number of nitrogens with zero attached hydrogens (tertiary/aromatic N) is 2. The molecule has 0 aromatic heterocycles. The van der Waals surface area contributed by atoms with Gasteiger partial charge < -0.3 is 10.2 Å². The lowest BCUT2D eigenvalue weighted by Gasteiger charge is -2.35. The highest BCUT2D eigenvalue weighted by Crippen LogP contribution is 2.27. The molecule has 148 valence electrons. The molecule has 0 unspecified atom stereocenters. The predicted octanol–water partition coefficient (Wildman–Crippen LogP) is 3.07. The van der Waals surface area contributed by atoms with Crippen LogP contribution in [0.4, 0.5) is 0 Å². The molecule has 1 saturated carbocycles. The number of rotatable bonds is 6. The first-order valence-electron chi connectivity index (χ1n) is 10.1. The zero-order valence-corrected chi connectivity index (χ0v) is 16.7. The topological polar surface area (TPSA) is 52.7 Å². The number of amides is 2. The number of hydrogen-bond acceptors (Lipinski definition) is 3. The molecule has 6 heteroatoms. The standard InChI is InChI=1S/C21H30ClN3O2/c22-19-8-4-7-18(13-19)15-23-20(26)16-24-9-11-25(12-10-24)21(27)14-17-5-2-1-3-6-17/h4,7-8,13,17H,1-3,5-6,9-12,14-16H2,(H,23,26). The SMILES string of the molecule is O=C(CN1CCN(C(=O)CC2CCCCC2)CC1)NCc1cccc(Cl)c1. The lowest BCUT2D eigenvalue weighted by atomic mass is 9.86. The van der Waals surface area contributed by atoms with E-state index in [1.807, 2.05) is 29.2 Å². The maximum Gasteiger partial charge on any atom is 0.234 e. The number of carbonyl (C=O) groups is 2. The number of nitrogens with one attached hydrogen (secondary N) is 1. The monoisotopic (exact) mass is 391 g/mol. The third-order valence-corrected chi connectivity index (χ3v) is 5.89. The van der Waals surface area contributed by atoms with Crippen molar-refractivity contribution < 1.29 is 9.59 Å². The molecule has 0 radical (unpaired) electrons. The van der Waals surface area contributed by atoms with Gasteiger partial charge in [0.05, 0.1) is 6.54 Å². The third kappa shape index (κ3) is 6.51. The molecule has 1 heterocycles. The van der Waals surface area contributed by atoms with Crippen molar-refractivity contribution in [1.29, 1.82) is 0 Å². The van der Waals surface area contributed by atoms with Crippen molar-refractivity contribution >= 4 is 23.4 Å². The number of hydrogen-bond donors (Lipinski definition) is 1. The van der Waals surface area contributed by atoms with E-state index in [0.717, 1.165) is 31.7 Å². The zero-order valence-electron chi connectivity index (χ0n) is 16.0. The molecular weight excluding hydrogens is 362 g/mol. The lowest BCUT2D eigenvalue weighted by Crippen LogP contribution is -2.51. The van der Waals surface area contributed by atoms with Crippen molar-refractivity contribution in [2.45, 2.75) is 45.1 Å². The normalized spacial score (nSPS) is 19.1. The van der Waals surface area contributed by atoms with E-state index in [2.05, 4.69) is 10.2 Å². The molecule has 1 N–H and O–H groups in total. The number of benzene rings is 1. The van der Waals surface area contributed by atoms with E-state index in [-0.39, 0.29) is 5.91 Å². The van der Waals surface area contributed by atoms with E-state index < -0.39 is 0 Å². The maximum atomic E-state index is 12.5. The quantitative estimate of drug-likeness (QED) is 0.810. The molecule has 5 nitrogen and oxygen atoms in total. The van der Waals surface area contributed by atoms with Gasteiger partial charge in [-0.15, -0.1) is 0 Å². The van der Waals surface area contributed by atoms with Gasteiger partial charge in [0.2, 0.25) is 11.8 Å². The molecule has 0 bridgehead atoms. The molecule has 27 heavy (non-hydrogen) atoms. The van der Waals surface area contributed by atoms with Gasteiger partial charge >= 0.3 is 0 Å². The molecule has 2 amide bonds. The fourth-order valence-electron chi connectivity index (χ4n) is 4.03. The Labute approximate surface area is 167 Å². The van der Waals surface area contributed by atoms with E-state index in [1.54, 1.807) is 0 Å².